The second-order valence-electron chi connectivity index (χ2n) is 3.54. The molecule has 1 aromatic rings. The van der Waals surface area contributed by atoms with Gasteiger partial charge in [0.1, 0.15) is 0 Å². The fourth-order valence-electron chi connectivity index (χ4n) is 1.29. The number of allylic oxidation sites excluding steroid dienone is 1. The molecule has 3 nitrogen and oxygen atoms in total. The lowest BCUT2D eigenvalue weighted by Gasteiger charge is -2.04. The van der Waals surface area contributed by atoms with E-state index in [9.17, 15) is 9.00 Å². The molecule has 0 unspecified atom stereocenters. The molecule has 0 aliphatic carbocycles. The summed E-state index contributed by atoms with van der Waals surface area (Å²) in [5, 5.41) is 2.74. The highest BCUT2D eigenvalue weighted by molar-refractivity contribution is 7.85. The van der Waals surface area contributed by atoms with Crippen molar-refractivity contribution in [1.82, 2.24) is 5.32 Å². The van der Waals surface area contributed by atoms with Crippen LogP contribution in [0.25, 0.3) is 0 Å². The zero-order valence-electron chi connectivity index (χ0n) is 9.72. The van der Waals surface area contributed by atoms with E-state index in [0.29, 0.717) is 25.1 Å². The van der Waals surface area contributed by atoms with E-state index >= 15 is 0 Å². The van der Waals surface area contributed by atoms with Crippen LogP contribution in [-0.4, -0.2) is 22.4 Å². The van der Waals surface area contributed by atoms with Crippen molar-refractivity contribution in [3.8, 4) is 0 Å². The monoisotopic (exact) mass is 251 g/mol. The molecule has 0 aromatic heterocycles. The number of hydrogen-bond donors (Lipinski definition) is 1. The van der Waals surface area contributed by atoms with Gasteiger partial charge in [-0.15, -0.1) is 6.58 Å². The summed E-state index contributed by atoms with van der Waals surface area (Å²) in [5.74, 6) is 0.430. The Labute approximate surface area is 104 Å². The van der Waals surface area contributed by atoms with Crippen LogP contribution >= 0.6 is 0 Å². The average Bonchev–Trinajstić information content (AvgIpc) is 2.37. The van der Waals surface area contributed by atoms with Gasteiger partial charge in [0, 0.05) is 23.6 Å². The largest absolute Gasteiger partial charge is 0.355 e. The molecule has 0 saturated heterocycles. The first-order valence-corrected chi connectivity index (χ1v) is 6.87. The van der Waals surface area contributed by atoms with E-state index in [-0.39, 0.29) is 5.91 Å². The zero-order chi connectivity index (χ0) is 12.5. The molecule has 4 heteroatoms. The Hall–Kier alpha value is -1.42. The topological polar surface area (TPSA) is 46.2 Å². The molecular formula is C13H17NO2S. The third kappa shape index (κ3) is 5.45. The molecule has 0 saturated carbocycles. The van der Waals surface area contributed by atoms with Gasteiger partial charge in [-0.05, 0) is 18.6 Å². The van der Waals surface area contributed by atoms with Crippen LogP contribution < -0.4 is 5.32 Å². The molecule has 0 heterocycles. The summed E-state index contributed by atoms with van der Waals surface area (Å²) in [7, 11) is -1.04. The van der Waals surface area contributed by atoms with Gasteiger partial charge in [-0.3, -0.25) is 9.00 Å². The molecule has 1 atom stereocenters. The molecule has 1 rings (SSSR count). The third-order valence-electron chi connectivity index (χ3n) is 2.19. The summed E-state index contributed by atoms with van der Waals surface area (Å²) in [5.41, 5.74) is 0. The molecule has 1 N–H and O–H groups in total. The number of carbonyl (C=O) groups excluding carboxylic acids is 1. The molecule has 1 aromatic carbocycles. The van der Waals surface area contributed by atoms with Gasteiger partial charge in [-0.2, -0.15) is 0 Å². The minimum Gasteiger partial charge on any atom is -0.355 e. The number of nitrogens with one attached hydrogen (secondary N) is 1. The van der Waals surface area contributed by atoms with Gasteiger partial charge in [-0.1, -0.05) is 24.3 Å². The number of hydrogen-bond acceptors (Lipinski definition) is 2. The Morgan fingerprint density at radius 3 is 2.71 bits per heavy atom. The fourth-order valence-corrected chi connectivity index (χ4v) is 2.28. The lowest BCUT2D eigenvalue weighted by Crippen LogP contribution is -2.27. The molecule has 0 bridgehead atoms. The standard InChI is InChI=1S/C13H17NO2S/c1-2-3-9-13(15)14-10-11-17(16)12-7-5-4-6-8-12/h2,4-8H,1,3,9-11H2,(H,14,15)/t17-/m0/s1. The van der Waals surface area contributed by atoms with E-state index in [1.165, 1.54) is 0 Å². The minimum atomic E-state index is -1.04. The van der Waals surface area contributed by atoms with E-state index in [4.69, 9.17) is 0 Å². The van der Waals surface area contributed by atoms with Gasteiger partial charge in [-0.25, -0.2) is 0 Å². The maximum Gasteiger partial charge on any atom is 0.220 e. The second kappa shape index (κ2) is 7.79. The van der Waals surface area contributed by atoms with Crippen molar-refractivity contribution in [3.05, 3.63) is 43.0 Å². The molecule has 0 aliphatic heterocycles. The summed E-state index contributed by atoms with van der Waals surface area (Å²) in [6, 6.07) is 9.26. The van der Waals surface area contributed by atoms with Crippen molar-refractivity contribution in [2.45, 2.75) is 17.7 Å². The second-order valence-corrected chi connectivity index (χ2v) is 5.11. The van der Waals surface area contributed by atoms with E-state index < -0.39 is 10.8 Å². The minimum absolute atomic E-state index is 0.0186. The molecule has 0 fully saturated rings. The summed E-state index contributed by atoms with van der Waals surface area (Å²) in [4.78, 5) is 12.1. The van der Waals surface area contributed by atoms with E-state index in [1.54, 1.807) is 6.08 Å². The van der Waals surface area contributed by atoms with E-state index in [0.717, 1.165) is 4.90 Å². The highest BCUT2D eigenvalue weighted by Crippen LogP contribution is 2.04. The van der Waals surface area contributed by atoms with Crippen LogP contribution in [0.1, 0.15) is 12.8 Å². The smallest absolute Gasteiger partial charge is 0.220 e. The van der Waals surface area contributed by atoms with Crippen LogP contribution in [-0.2, 0) is 15.6 Å². The van der Waals surface area contributed by atoms with Gasteiger partial charge in [0.25, 0.3) is 0 Å². The maximum atomic E-state index is 11.8. The Morgan fingerprint density at radius 1 is 1.35 bits per heavy atom. The molecule has 0 spiro atoms. The normalized spacial score (nSPS) is 11.8. The average molecular weight is 251 g/mol. The number of rotatable bonds is 7. The first-order chi connectivity index (χ1) is 8.24. The van der Waals surface area contributed by atoms with Crippen molar-refractivity contribution in [2.75, 3.05) is 12.3 Å². The van der Waals surface area contributed by atoms with Crippen molar-refractivity contribution < 1.29 is 9.00 Å². The predicted octanol–water partition coefficient (Wildman–Crippen LogP) is 1.88. The summed E-state index contributed by atoms with van der Waals surface area (Å²) in [6.45, 7) is 3.99. The van der Waals surface area contributed by atoms with Crippen LogP contribution in [0, 0.1) is 0 Å². The summed E-state index contributed by atoms with van der Waals surface area (Å²) < 4.78 is 11.8. The van der Waals surface area contributed by atoms with Crippen molar-refractivity contribution in [2.24, 2.45) is 0 Å². The van der Waals surface area contributed by atoms with E-state index in [1.807, 2.05) is 30.3 Å². The van der Waals surface area contributed by atoms with Crippen LogP contribution in [0.15, 0.2) is 47.9 Å². The highest BCUT2D eigenvalue weighted by atomic mass is 32.2. The van der Waals surface area contributed by atoms with Crippen LogP contribution in [0.4, 0.5) is 0 Å². The Bertz CT molecular complexity index is 390. The molecule has 1 amide bonds. The first-order valence-electron chi connectivity index (χ1n) is 5.55. The number of benzene rings is 1. The first kappa shape index (κ1) is 13.6. The highest BCUT2D eigenvalue weighted by Gasteiger charge is 2.04. The number of carbonyl (C=O) groups is 1. The molecular weight excluding hydrogens is 234 g/mol. The van der Waals surface area contributed by atoms with Gasteiger partial charge in [0.05, 0.1) is 10.8 Å². The van der Waals surface area contributed by atoms with Crippen LogP contribution in [0.3, 0.4) is 0 Å². The van der Waals surface area contributed by atoms with Crippen LogP contribution in [0.2, 0.25) is 0 Å². The quantitative estimate of drug-likeness (QED) is 0.752. The molecule has 0 aliphatic rings. The third-order valence-corrected chi connectivity index (χ3v) is 3.56. The maximum absolute atomic E-state index is 11.8. The zero-order valence-corrected chi connectivity index (χ0v) is 10.5. The van der Waals surface area contributed by atoms with Gasteiger partial charge >= 0.3 is 0 Å². The number of amides is 1. The Balaban J connectivity index is 2.25. The Kier molecular flexibility index (Phi) is 6.25. The van der Waals surface area contributed by atoms with Crippen molar-refractivity contribution in [3.63, 3.8) is 0 Å². The van der Waals surface area contributed by atoms with Crippen LogP contribution in [0.5, 0.6) is 0 Å². The molecule has 0 radical (unpaired) electrons. The van der Waals surface area contributed by atoms with Crippen molar-refractivity contribution >= 4 is 16.7 Å². The van der Waals surface area contributed by atoms with Gasteiger partial charge in [0.15, 0.2) is 0 Å². The Morgan fingerprint density at radius 2 is 2.06 bits per heavy atom. The van der Waals surface area contributed by atoms with Gasteiger partial charge < -0.3 is 5.32 Å². The van der Waals surface area contributed by atoms with Gasteiger partial charge in [0.2, 0.25) is 5.91 Å². The molecule has 92 valence electrons. The lowest BCUT2D eigenvalue weighted by atomic mass is 10.3. The lowest BCUT2D eigenvalue weighted by molar-refractivity contribution is -0.120. The molecule has 17 heavy (non-hydrogen) atoms. The van der Waals surface area contributed by atoms with Crippen molar-refractivity contribution in [1.29, 1.82) is 0 Å². The summed E-state index contributed by atoms with van der Waals surface area (Å²) in [6.07, 6.45) is 2.83. The SMILES string of the molecule is C=CCCC(=O)NCC[S@](=O)c1ccccc1. The fraction of sp³-hybridized carbons (Fsp3) is 0.308. The summed E-state index contributed by atoms with van der Waals surface area (Å²) >= 11 is 0. The van der Waals surface area contributed by atoms with E-state index in [2.05, 4.69) is 11.9 Å². The predicted molar refractivity (Wildman–Crippen MR) is 70.2 cm³/mol.